The van der Waals surface area contributed by atoms with Crippen molar-refractivity contribution >= 4 is 10.4 Å². The highest BCUT2D eigenvalue weighted by Gasteiger charge is 2.40. The van der Waals surface area contributed by atoms with Crippen LogP contribution in [0.4, 0.5) is 0 Å². The lowest BCUT2D eigenvalue weighted by molar-refractivity contribution is -0.196. The van der Waals surface area contributed by atoms with E-state index in [1.165, 1.54) is 0 Å². The van der Waals surface area contributed by atoms with Gasteiger partial charge in [0.1, 0.15) is 48.8 Å². The zero-order valence-electron chi connectivity index (χ0n) is 14.6. The Hall–Kier alpha value is -0.610. The second-order valence-corrected chi connectivity index (χ2v) is 7.03. The van der Waals surface area contributed by atoms with Gasteiger partial charge in [-0.05, 0) is 0 Å². The molecule has 17 heteroatoms. The average Bonchev–Trinajstić information content (AvgIpc) is 2.67. The first-order valence-corrected chi connectivity index (χ1v) is 9.17. The summed E-state index contributed by atoms with van der Waals surface area (Å²) in [5.41, 5.74) is 0. The summed E-state index contributed by atoms with van der Waals surface area (Å²) in [6.45, 7) is -2.13. The second kappa shape index (κ2) is 12.3. The number of rotatable bonds is 14. The van der Waals surface area contributed by atoms with Crippen LogP contribution in [0, 0.1) is 0 Å². The van der Waals surface area contributed by atoms with Crippen molar-refractivity contribution in [3.05, 3.63) is 0 Å². The molecule has 0 rings (SSSR count). The van der Waals surface area contributed by atoms with Gasteiger partial charge >= 0.3 is 10.4 Å². The van der Waals surface area contributed by atoms with Crippen LogP contribution in [0.2, 0.25) is 0 Å². The molecule has 176 valence electrons. The molecule has 0 aromatic carbocycles. The van der Waals surface area contributed by atoms with Gasteiger partial charge in [-0.3, -0.25) is 0 Å². The van der Waals surface area contributed by atoms with Crippen molar-refractivity contribution < 1.29 is 78.1 Å². The first-order valence-electron chi connectivity index (χ1n) is 7.84. The van der Waals surface area contributed by atoms with Crippen LogP contribution in [0.1, 0.15) is 0 Å². The minimum atomic E-state index is -5.47. The molecule has 0 aliphatic heterocycles. The van der Waals surface area contributed by atoms with Crippen molar-refractivity contribution in [2.24, 2.45) is 0 Å². The lowest BCUT2D eigenvalue weighted by atomic mass is 10.0. The Balaban J connectivity index is 4.97. The maximum Gasteiger partial charge on any atom is 0.405 e. The Morgan fingerprint density at radius 3 is 1.03 bits per heavy atom. The molecule has 0 heterocycles. The molecule has 0 amide bonds. The summed E-state index contributed by atoms with van der Waals surface area (Å²) < 4.78 is 30.8. The Labute approximate surface area is 164 Å². The van der Waals surface area contributed by atoms with Crippen LogP contribution in [-0.4, -0.2) is 144 Å². The molecular weight excluding hydrogens is 432 g/mol. The highest BCUT2D eigenvalue weighted by Crippen LogP contribution is 2.15. The molecule has 0 aromatic rings. The van der Waals surface area contributed by atoms with Gasteiger partial charge in [-0.1, -0.05) is 0 Å². The first kappa shape index (κ1) is 28.4. The normalized spacial score (nSPS) is 23.3. The Bertz CT molecular complexity index is 516. The van der Waals surface area contributed by atoms with Crippen LogP contribution in [-0.2, 0) is 18.8 Å². The molecule has 10 atom stereocenters. The molecule has 0 bridgehead atoms. The van der Waals surface area contributed by atoms with Crippen molar-refractivity contribution in [1.82, 2.24) is 0 Å². The standard InChI is InChI=1S/C12H26O16S/c13-1-3(15)5(17)7(19)9(21)11(23)27-29(25,26)28-12(24)10(22)8(20)6(18)4(16)2-14/h3-24H,1-2H2/t3-,4-,5-,6-,7+,8+,9-,10-,11?,12?/m1/s1. The average molecular weight is 458 g/mol. The molecule has 0 aliphatic carbocycles. The van der Waals surface area contributed by atoms with E-state index in [-0.39, 0.29) is 0 Å². The van der Waals surface area contributed by atoms with Gasteiger partial charge in [-0.25, -0.2) is 8.37 Å². The summed E-state index contributed by atoms with van der Waals surface area (Å²) in [6.07, 6.45) is -24.1. The maximum absolute atomic E-state index is 11.6. The maximum atomic E-state index is 11.6. The number of aliphatic hydroxyl groups excluding tert-OH is 12. The minimum Gasteiger partial charge on any atom is -0.394 e. The Morgan fingerprint density at radius 1 is 0.517 bits per heavy atom. The van der Waals surface area contributed by atoms with Gasteiger partial charge in [0, 0.05) is 0 Å². The van der Waals surface area contributed by atoms with E-state index in [4.69, 9.17) is 20.4 Å². The quantitative estimate of drug-likeness (QED) is 0.107. The van der Waals surface area contributed by atoms with Crippen LogP contribution in [0.3, 0.4) is 0 Å². The fourth-order valence-electron chi connectivity index (χ4n) is 1.79. The van der Waals surface area contributed by atoms with E-state index >= 15 is 0 Å². The van der Waals surface area contributed by atoms with Crippen molar-refractivity contribution in [2.75, 3.05) is 13.2 Å². The third kappa shape index (κ3) is 8.57. The lowest BCUT2D eigenvalue weighted by Crippen LogP contribution is -2.52. The second-order valence-electron chi connectivity index (χ2n) is 5.83. The zero-order valence-corrected chi connectivity index (χ0v) is 15.4. The molecule has 12 N–H and O–H groups in total. The fourth-order valence-corrected chi connectivity index (χ4v) is 2.55. The largest absolute Gasteiger partial charge is 0.405 e. The van der Waals surface area contributed by atoms with Crippen LogP contribution >= 0.6 is 0 Å². The summed E-state index contributed by atoms with van der Waals surface area (Å²) in [4.78, 5) is 0. The molecular formula is C12H26O16S. The van der Waals surface area contributed by atoms with Gasteiger partial charge < -0.3 is 61.3 Å². The van der Waals surface area contributed by atoms with E-state index in [2.05, 4.69) is 8.37 Å². The van der Waals surface area contributed by atoms with Crippen LogP contribution < -0.4 is 0 Å². The van der Waals surface area contributed by atoms with E-state index in [1.54, 1.807) is 0 Å². The van der Waals surface area contributed by atoms with E-state index in [9.17, 15) is 49.3 Å². The van der Waals surface area contributed by atoms with Gasteiger partial charge in [0.15, 0.2) is 0 Å². The third-order valence-electron chi connectivity index (χ3n) is 3.58. The third-order valence-corrected chi connectivity index (χ3v) is 4.45. The highest BCUT2D eigenvalue weighted by atomic mass is 32.3. The molecule has 0 fully saturated rings. The molecule has 16 nitrogen and oxygen atoms in total. The first-order chi connectivity index (χ1) is 13.2. The molecule has 0 saturated heterocycles. The van der Waals surface area contributed by atoms with Crippen molar-refractivity contribution in [2.45, 2.75) is 61.4 Å². The zero-order chi connectivity index (χ0) is 23.1. The Morgan fingerprint density at radius 2 is 0.793 bits per heavy atom. The predicted octanol–water partition coefficient (Wildman–Crippen LogP) is -8.23. The van der Waals surface area contributed by atoms with Crippen LogP contribution in [0.5, 0.6) is 0 Å². The van der Waals surface area contributed by atoms with Gasteiger partial charge in [0.25, 0.3) is 0 Å². The molecule has 2 unspecified atom stereocenters. The smallest absolute Gasteiger partial charge is 0.394 e. The topological polar surface area (TPSA) is 295 Å². The van der Waals surface area contributed by atoms with Gasteiger partial charge in [-0.15, -0.1) is 0 Å². The monoisotopic (exact) mass is 458 g/mol. The summed E-state index contributed by atoms with van der Waals surface area (Å²) >= 11 is 0. The van der Waals surface area contributed by atoms with Crippen molar-refractivity contribution in [1.29, 1.82) is 0 Å². The van der Waals surface area contributed by atoms with E-state index in [0.29, 0.717) is 0 Å². The molecule has 29 heavy (non-hydrogen) atoms. The van der Waals surface area contributed by atoms with Crippen LogP contribution in [0.25, 0.3) is 0 Å². The van der Waals surface area contributed by atoms with Gasteiger partial charge in [-0.2, -0.15) is 8.42 Å². The summed E-state index contributed by atoms with van der Waals surface area (Å²) in [5, 5.41) is 111. The van der Waals surface area contributed by atoms with Crippen molar-refractivity contribution in [3.63, 3.8) is 0 Å². The highest BCUT2D eigenvalue weighted by molar-refractivity contribution is 7.81. The van der Waals surface area contributed by atoms with E-state index in [1.807, 2.05) is 0 Å². The molecule has 0 aliphatic rings. The van der Waals surface area contributed by atoms with E-state index in [0.717, 1.165) is 0 Å². The predicted molar refractivity (Wildman–Crippen MR) is 85.3 cm³/mol. The number of aliphatic hydroxyl groups is 12. The molecule has 0 spiro atoms. The van der Waals surface area contributed by atoms with Crippen molar-refractivity contribution in [3.8, 4) is 0 Å². The Kier molecular flexibility index (Phi) is 12.0. The molecule has 0 aromatic heterocycles. The van der Waals surface area contributed by atoms with Gasteiger partial charge in [0.2, 0.25) is 12.6 Å². The minimum absolute atomic E-state index is 1.06. The molecule has 0 saturated carbocycles. The molecule has 0 radical (unpaired) electrons. The van der Waals surface area contributed by atoms with Crippen LogP contribution in [0.15, 0.2) is 0 Å². The summed E-state index contributed by atoms with van der Waals surface area (Å²) in [7, 11) is -5.47. The summed E-state index contributed by atoms with van der Waals surface area (Å²) in [6, 6.07) is 0. The SMILES string of the molecule is O=S(=O)(OC(O)[C@H](O)[C@@H](O)[C@H](O)[C@H](O)CO)OC(O)[C@H](O)[C@@H](O)[C@H](O)[C@H](O)CO. The van der Waals surface area contributed by atoms with E-state index < -0.39 is 85.0 Å². The fraction of sp³-hybridized carbons (Fsp3) is 1.00. The summed E-state index contributed by atoms with van der Waals surface area (Å²) in [5.74, 6) is 0. The number of hydrogen-bond acceptors (Lipinski definition) is 16. The van der Waals surface area contributed by atoms with Gasteiger partial charge in [0.05, 0.1) is 13.2 Å². The number of hydrogen-bond donors (Lipinski definition) is 12. The lowest BCUT2D eigenvalue weighted by Gasteiger charge is -2.29.